The Labute approximate surface area is 206 Å². The number of amides is 2. The third-order valence-corrected chi connectivity index (χ3v) is 7.41. The zero-order chi connectivity index (χ0) is 23.9. The zero-order valence-corrected chi connectivity index (χ0v) is 20.8. The molecule has 6 nitrogen and oxygen atoms in total. The first kappa shape index (κ1) is 24.3. The maximum absolute atomic E-state index is 13.0. The number of likely N-dealkylation sites (tertiary alicyclic amines) is 1. The van der Waals surface area contributed by atoms with E-state index in [2.05, 4.69) is 36.5 Å². The van der Waals surface area contributed by atoms with Crippen LogP contribution >= 0.6 is 11.8 Å². The van der Waals surface area contributed by atoms with E-state index in [9.17, 15) is 9.59 Å². The number of hydrogen-bond donors (Lipinski definition) is 1. The summed E-state index contributed by atoms with van der Waals surface area (Å²) in [6.07, 6.45) is 5.56. The van der Waals surface area contributed by atoms with Crippen LogP contribution < -0.4 is 5.32 Å². The van der Waals surface area contributed by atoms with Gasteiger partial charge in [-0.1, -0.05) is 49.7 Å². The first-order valence-electron chi connectivity index (χ1n) is 12.3. The summed E-state index contributed by atoms with van der Waals surface area (Å²) in [5, 5.41) is 3.15. The second kappa shape index (κ2) is 11.6. The van der Waals surface area contributed by atoms with Crippen LogP contribution in [0, 0.1) is 0 Å². The molecule has 1 saturated heterocycles. The maximum Gasteiger partial charge on any atom is 0.409 e. The lowest BCUT2D eigenvalue weighted by Crippen LogP contribution is -2.46. The summed E-state index contributed by atoms with van der Waals surface area (Å²) in [5.41, 5.74) is 3.77. The van der Waals surface area contributed by atoms with Gasteiger partial charge in [-0.05, 0) is 56.9 Å². The zero-order valence-electron chi connectivity index (χ0n) is 20.0. The normalized spacial score (nSPS) is 15.6. The Hall–Kier alpha value is -2.80. The van der Waals surface area contributed by atoms with E-state index in [1.54, 1.807) is 23.6 Å². The molecule has 34 heavy (non-hydrogen) atoms. The predicted molar refractivity (Wildman–Crippen MR) is 136 cm³/mol. The number of fused-ring (bicyclic) bond motifs is 2. The van der Waals surface area contributed by atoms with Crippen molar-refractivity contribution in [2.75, 3.05) is 19.7 Å². The fourth-order valence-corrected chi connectivity index (χ4v) is 5.40. The highest BCUT2D eigenvalue weighted by molar-refractivity contribution is 7.99. The number of hydrogen-bond acceptors (Lipinski definition) is 5. The van der Waals surface area contributed by atoms with Gasteiger partial charge in [-0.25, -0.2) is 4.79 Å². The van der Waals surface area contributed by atoms with Crippen LogP contribution in [-0.2, 0) is 4.74 Å². The summed E-state index contributed by atoms with van der Waals surface area (Å²) >= 11 is 1.71. The summed E-state index contributed by atoms with van der Waals surface area (Å²) in [5.74, 6) is -0.0909. The highest BCUT2D eigenvalue weighted by Gasteiger charge is 2.25. The average molecular weight is 480 g/mol. The van der Waals surface area contributed by atoms with Crippen molar-refractivity contribution < 1.29 is 14.3 Å². The minimum atomic E-state index is -0.274. The topological polar surface area (TPSA) is 71.0 Å². The van der Waals surface area contributed by atoms with E-state index < -0.39 is 0 Å². The molecular weight excluding hydrogens is 446 g/mol. The molecule has 2 heterocycles. The van der Waals surface area contributed by atoms with Gasteiger partial charge in [0.15, 0.2) is 0 Å². The van der Waals surface area contributed by atoms with Crippen molar-refractivity contribution in [2.45, 2.75) is 68.2 Å². The number of rotatable bonds is 7. The van der Waals surface area contributed by atoms with Crippen molar-refractivity contribution in [1.29, 1.82) is 0 Å². The molecule has 0 bridgehead atoms. The van der Waals surface area contributed by atoms with Gasteiger partial charge in [0.05, 0.1) is 12.3 Å². The summed E-state index contributed by atoms with van der Waals surface area (Å²) in [6, 6.07) is 14.3. The van der Waals surface area contributed by atoms with Crippen molar-refractivity contribution in [1.82, 2.24) is 10.2 Å². The summed E-state index contributed by atoms with van der Waals surface area (Å²) in [4.78, 5) is 34.0. The monoisotopic (exact) mass is 479 g/mol. The van der Waals surface area contributed by atoms with Crippen LogP contribution in [0.2, 0.25) is 0 Å². The van der Waals surface area contributed by atoms with E-state index in [0.29, 0.717) is 25.3 Å². The molecule has 2 aliphatic rings. The van der Waals surface area contributed by atoms with Crippen LogP contribution in [0.3, 0.4) is 0 Å². The van der Waals surface area contributed by atoms with Gasteiger partial charge < -0.3 is 15.0 Å². The number of nitrogens with one attached hydrogen (secondary N) is 1. The number of piperidine rings is 1. The molecule has 1 N–H and O–H groups in total. The Kier molecular flexibility index (Phi) is 8.27. The Bertz CT molecular complexity index is 1060. The summed E-state index contributed by atoms with van der Waals surface area (Å²) in [6.45, 7) is 5.57. The van der Waals surface area contributed by atoms with Crippen LogP contribution in [-0.4, -0.2) is 48.4 Å². The van der Waals surface area contributed by atoms with Crippen LogP contribution in [0.15, 0.2) is 57.2 Å². The van der Waals surface area contributed by atoms with Crippen LogP contribution in [0.1, 0.15) is 68.3 Å². The average Bonchev–Trinajstić information content (AvgIpc) is 3.01. The number of ether oxygens (including phenoxy) is 1. The SMILES string of the molecule is CCCCCC1=Nc2cc(C(=O)NC3CCN(C(=O)OCC)CC3)ccc2Sc2ccccc21. The van der Waals surface area contributed by atoms with Crippen LogP contribution in [0.5, 0.6) is 0 Å². The molecule has 0 aliphatic carbocycles. The van der Waals surface area contributed by atoms with Gasteiger partial charge in [0, 0.05) is 45.8 Å². The molecule has 0 radical (unpaired) electrons. The summed E-state index contributed by atoms with van der Waals surface area (Å²) < 4.78 is 5.08. The van der Waals surface area contributed by atoms with E-state index in [4.69, 9.17) is 9.73 Å². The third kappa shape index (κ3) is 5.81. The van der Waals surface area contributed by atoms with Gasteiger partial charge in [-0.3, -0.25) is 9.79 Å². The van der Waals surface area contributed by atoms with Gasteiger partial charge in [0.2, 0.25) is 0 Å². The summed E-state index contributed by atoms with van der Waals surface area (Å²) in [7, 11) is 0. The van der Waals surface area contributed by atoms with Crippen LogP contribution in [0.4, 0.5) is 10.5 Å². The molecule has 0 saturated carbocycles. The first-order valence-corrected chi connectivity index (χ1v) is 13.1. The van der Waals surface area contributed by atoms with E-state index >= 15 is 0 Å². The van der Waals surface area contributed by atoms with E-state index in [-0.39, 0.29) is 18.0 Å². The van der Waals surface area contributed by atoms with E-state index in [1.165, 1.54) is 23.3 Å². The molecule has 2 aromatic rings. The molecule has 2 aliphatic heterocycles. The lowest BCUT2D eigenvalue weighted by Gasteiger charge is -2.31. The Morgan fingerprint density at radius 3 is 2.65 bits per heavy atom. The third-order valence-electron chi connectivity index (χ3n) is 6.27. The van der Waals surface area contributed by atoms with Gasteiger partial charge in [-0.15, -0.1) is 0 Å². The molecule has 0 unspecified atom stereocenters. The number of carbonyl (C=O) groups is 2. The molecule has 4 rings (SSSR count). The Morgan fingerprint density at radius 1 is 1.09 bits per heavy atom. The number of nitrogens with zero attached hydrogens (tertiary/aromatic N) is 2. The predicted octanol–water partition coefficient (Wildman–Crippen LogP) is 6.20. The first-order chi connectivity index (χ1) is 16.6. The Morgan fingerprint density at radius 2 is 1.88 bits per heavy atom. The highest BCUT2D eigenvalue weighted by Crippen LogP contribution is 2.41. The molecule has 2 amide bonds. The van der Waals surface area contributed by atoms with Gasteiger partial charge in [-0.2, -0.15) is 0 Å². The maximum atomic E-state index is 13.0. The number of aliphatic imine (C=N–C) groups is 1. The second-order valence-corrected chi connectivity index (χ2v) is 9.81. The fourth-order valence-electron chi connectivity index (χ4n) is 4.37. The number of benzene rings is 2. The molecule has 180 valence electrons. The molecule has 7 heteroatoms. The van der Waals surface area contributed by atoms with E-state index in [1.807, 2.05) is 18.2 Å². The molecular formula is C27H33N3O3S. The molecule has 0 spiro atoms. The van der Waals surface area contributed by atoms with Gasteiger partial charge >= 0.3 is 6.09 Å². The van der Waals surface area contributed by atoms with Crippen molar-refractivity contribution in [2.24, 2.45) is 4.99 Å². The lowest BCUT2D eigenvalue weighted by atomic mass is 10.0. The lowest BCUT2D eigenvalue weighted by molar-refractivity contribution is 0.0860. The van der Waals surface area contributed by atoms with Crippen molar-refractivity contribution in [3.63, 3.8) is 0 Å². The smallest absolute Gasteiger partial charge is 0.409 e. The standard InChI is InChI=1S/C27H33N3O3S/c1-3-5-6-10-22-21-9-7-8-11-24(21)34-25-13-12-19(18-23(25)29-22)26(31)28-20-14-16-30(17-15-20)27(32)33-4-2/h7-9,11-13,18,20H,3-6,10,14-17H2,1-2H3,(H,28,31). The van der Waals surface area contributed by atoms with Crippen molar-refractivity contribution in [3.8, 4) is 0 Å². The van der Waals surface area contributed by atoms with Crippen molar-refractivity contribution >= 4 is 35.2 Å². The quantitative estimate of drug-likeness (QED) is 0.480. The van der Waals surface area contributed by atoms with Crippen LogP contribution in [0.25, 0.3) is 0 Å². The van der Waals surface area contributed by atoms with Gasteiger partial charge in [0.25, 0.3) is 5.91 Å². The molecule has 1 fully saturated rings. The minimum absolute atomic E-state index is 0.0451. The van der Waals surface area contributed by atoms with Gasteiger partial charge in [0.1, 0.15) is 0 Å². The largest absolute Gasteiger partial charge is 0.450 e. The second-order valence-electron chi connectivity index (χ2n) is 8.73. The minimum Gasteiger partial charge on any atom is -0.450 e. The fraction of sp³-hybridized carbons (Fsp3) is 0.444. The molecule has 2 aromatic carbocycles. The van der Waals surface area contributed by atoms with E-state index in [0.717, 1.165) is 42.0 Å². The molecule has 0 atom stereocenters. The molecule has 0 aromatic heterocycles. The number of carbonyl (C=O) groups excluding carboxylic acids is 2. The highest BCUT2D eigenvalue weighted by atomic mass is 32.2. The van der Waals surface area contributed by atoms with Crippen molar-refractivity contribution in [3.05, 3.63) is 53.6 Å². The number of unbranched alkanes of at least 4 members (excludes halogenated alkanes) is 2. The Balaban J connectivity index is 1.47.